The summed E-state index contributed by atoms with van der Waals surface area (Å²) in [6.07, 6.45) is 4.92. The molecule has 0 saturated heterocycles. The third-order valence-corrected chi connectivity index (χ3v) is 6.70. The second kappa shape index (κ2) is 7.12. The molecular formula is C25H29NO2. The van der Waals surface area contributed by atoms with Crippen LogP contribution in [0.15, 0.2) is 48.2 Å². The van der Waals surface area contributed by atoms with Gasteiger partial charge in [0.2, 0.25) is 0 Å². The minimum absolute atomic E-state index is 0.142. The number of hydrogen-bond donors (Lipinski definition) is 2. The van der Waals surface area contributed by atoms with Crippen LogP contribution in [0.4, 0.5) is 0 Å². The first-order chi connectivity index (χ1) is 13.4. The first kappa shape index (κ1) is 18.8. The van der Waals surface area contributed by atoms with Gasteiger partial charge in [0.25, 0.3) is 5.91 Å². The lowest BCUT2D eigenvalue weighted by Gasteiger charge is -2.36. The fourth-order valence-corrected chi connectivity index (χ4v) is 4.69. The van der Waals surface area contributed by atoms with Crippen molar-refractivity contribution < 1.29 is 9.90 Å². The molecule has 28 heavy (non-hydrogen) atoms. The molecule has 2 aromatic rings. The Balaban J connectivity index is 1.74. The third-order valence-electron chi connectivity index (χ3n) is 6.70. The zero-order chi connectivity index (χ0) is 19.9. The average Bonchev–Trinajstić information content (AvgIpc) is 2.93. The predicted molar refractivity (Wildman–Crippen MR) is 114 cm³/mol. The van der Waals surface area contributed by atoms with Crippen molar-refractivity contribution in [1.29, 1.82) is 0 Å². The monoisotopic (exact) mass is 375 g/mol. The van der Waals surface area contributed by atoms with Crippen LogP contribution in [-0.4, -0.2) is 16.6 Å². The molecule has 0 bridgehead atoms. The van der Waals surface area contributed by atoms with Crippen LogP contribution in [0.1, 0.15) is 55.7 Å². The van der Waals surface area contributed by atoms with Gasteiger partial charge in [0.15, 0.2) is 0 Å². The first-order valence-corrected chi connectivity index (χ1v) is 10.4. The molecule has 146 valence electrons. The number of hydrogen-bond acceptors (Lipinski definition) is 2. The van der Waals surface area contributed by atoms with Crippen molar-refractivity contribution in [3.63, 3.8) is 0 Å². The van der Waals surface area contributed by atoms with E-state index < -0.39 is 5.54 Å². The number of rotatable bonds is 3. The van der Waals surface area contributed by atoms with E-state index in [9.17, 15) is 9.90 Å². The summed E-state index contributed by atoms with van der Waals surface area (Å²) in [6.45, 7) is 6.29. The highest BCUT2D eigenvalue weighted by Gasteiger charge is 2.47. The maximum absolute atomic E-state index is 12.9. The van der Waals surface area contributed by atoms with Gasteiger partial charge in [0.05, 0.1) is 11.1 Å². The number of aryl methyl sites for hydroxylation is 2. The van der Waals surface area contributed by atoms with Gasteiger partial charge in [-0.1, -0.05) is 55.3 Å². The Morgan fingerprint density at radius 2 is 1.68 bits per heavy atom. The average molecular weight is 376 g/mol. The van der Waals surface area contributed by atoms with E-state index in [-0.39, 0.29) is 11.7 Å². The Morgan fingerprint density at radius 3 is 2.32 bits per heavy atom. The summed E-state index contributed by atoms with van der Waals surface area (Å²) in [7, 11) is 0. The molecule has 1 aliphatic carbocycles. The summed E-state index contributed by atoms with van der Waals surface area (Å²) in [5.41, 5.74) is 5.13. The van der Waals surface area contributed by atoms with Gasteiger partial charge in [-0.15, -0.1) is 0 Å². The number of aliphatic hydroxyl groups is 1. The van der Waals surface area contributed by atoms with E-state index in [2.05, 4.69) is 49.5 Å². The van der Waals surface area contributed by atoms with Crippen molar-refractivity contribution in [1.82, 2.24) is 5.32 Å². The highest BCUT2D eigenvalue weighted by Crippen LogP contribution is 2.44. The molecule has 0 aromatic heterocycles. The Morgan fingerprint density at radius 1 is 1.04 bits per heavy atom. The molecule has 1 spiro atoms. The number of carbonyl (C=O) groups excluding carboxylic acids is 1. The van der Waals surface area contributed by atoms with Crippen LogP contribution in [0.25, 0.3) is 16.7 Å². The summed E-state index contributed by atoms with van der Waals surface area (Å²) in [4.78, 5) is 12.9. The minimum Gasteiger partial charge on any atom is -0.509 e. The van der Waals surface area contributed by atoms with Crippen LogP contribution in [-0.2, 0) is 4.79 Å². The first-order valence-electron chi connectivity index (χ1n) is 10.4. The molecule has 1 aliphatic heterocycles. The van der Waals surface area contributed by atoms with E-state index in [1.54, 1.807) is 0 Å². The van der Waals surface area contributed by atoms with Crippen molar-refractivity contribution in [2.24, 2.45) is 5.92 Å². The molecule has 2 aromatic carbocycles. The van der Waals surface area contributed by atoms with Crippen LogP contribution >= 0.6 is 0 Å². The predicted octanol–water partition coefficient (Wildman–Crippen LogP) is 5.71. The van der Waals surface area contributed by atoms with Gasteiger partial charge in [0.1, 0.15) is 5.76 Å². The molecule has 1 fully saturated rings. The van der Waals surface area contributed by atoms with Crippen LogP contribution in [0.5, 0.6) is 0 Å². The largest absolute Gasteiger partial charge is 0.509 e. The summed E-state index contributed by atoms with van der Waals surface area (Å²) < 4.78 is 0. The second-order valence-electron chi connectivity index (χ2n) is 8.51. The van der Waals surface area contributed by atoms with E-state index in [0.717, 1.165) is 47.9 Å². The smallest absolute Gasteiger partial charge is 0.256 e. The van der Waals surface area contributed by atoms with Crippen molar-refractivity contribution in [2.75, 3.05) is 0 Å². The molecule has 0 radical (unpaired) electrons. The Kier molecular flexibility index (Phi) is 4.78. The van der Waals surface area contributed by atoms with Gasteiger partial charge in [0, 0.05) is 0 Å². The minimum atomic E-state index is -0.565. The number of carbonyl (C=O) groups is 1. The lowest BCUT2D eigenvalue weighted by molar-refractivity contribution is -0.116. The number of nitrogens with one attached hydrogen (secondary N) is 1. The van der Waals surface area contributed by atoms with E-state index in [1.807, 2.05) is 19.1 Å². The van der Waals surface area contributed by atoms with Gasteiger partial charge in [-0.3, -0.25) is 4.79 Å². The summed E-state index contributed by atoms with van der Waals surface area (Å²) in [5.74, 6) is 0.804. The highest BCUT2D eigenvalue weighted by atomic mass is 16.3. The molecule has 2 N–H and O–H groups in total. The SMILES string of the molecule is CCC1CCC2(CC1)NC(=O)C(c1cc(-c3ccc(C)cc3)ccc1C)=C2O. The van der Waals surface area contributed by atoms with Crippen molar-refractivity contribution in [2.45, 2.75) is 58.4 Å². The molecular weight excluding hydrogens is 346 g/mol. The maximum atomic E-state index is 12.9. The number of benzene rings is 2. The zero-order valence-electron chi connectivity index (χ0n) is 17.0. The van der Waals surface area contributed by atoms with E-state index >= 15 is 0 Å². The summed E-state index contributed by atoms with van der Waals surface area (Å²) in [5, 5.41) is 14.3. The van der Waals surface area contributed by atoms with Gasteiger partial charge in [-0.2, -0.15) is 0 Å². The van der Waals surface area contributed by atoms with Gasteiger partial charge in [-0.25, -0.2) is 0 Å². The van der Waals surface area contributed by atoms with Crippen LogP contribution < -0.4 is 5.32 Å². The van der Waals surface area contributed by atoms with Crippen molar-refractivity contribution >= 4 is 11.5 Å². The molecule has 0 atom stereocenters. The van der Waals surface area contributed by atoms with Gasteiger partial charge >= 0.3 is 0 Å². The molecule has 0 unspecified atom stereocenters. The lowest BCUT2D eigenvalue weighted by Crippen LogP contribution is -2.47. The standard InChI is InChI=1S/C25H29NO2/c1-4-18-11-13-25(14-12-18)23(27)22(24(28)26-25)21-15-20(10-7-17(21)3)19-8-5-16(2)6-9-19/h5-10,15,18,27H,4,11-14H2,1-3H3,(H,26,28). The topological polar surface area (TPSA) is 49.3 Å². The molecule has 2 aliphatic rings. The van der Waals surface area contributed by atoms with E-state index in [1.165, 1.54) is 12.0 Å². The van der Waals surface area contributed by atoms with Crippen LogP contribution in [0, 0.1) is 19.8 Å². The van der Waals surface area contributed by atoms with E-state index in [4.69, 9.17) is 0 Å². The van der Waals surface area contributed by atoms with Crippen molar-refractivity contribution in [3.8, 4) is 11.1 Å². The summed E-state index contributed by atoms with van der Waals surface area (Å²) in [6, 6.07) is 14.5. The highest BCUT2D eigenvalue weighted by molar-refractivity contribution is 6.23. The molecule has 1 heterocycles. The molecule has 4 rings (SSSR count). The Hall–Kier alpha value is -2.55. The second-order valence-corrected chi connectivity index (χ2v) is 8.51. The Bertz CT molecular complexity index is 932. The van der Waals surface area contributed by atoms with E-state index in [0.29, 0.717) is 11.5 Å². The maximum Gasteiger partial charge on any atom is 0.256 e. The lowest BCUT2D eigenvalue weighted by atomic mass is 9.75. The van der Waals surface area contributed by atoms with Gasteiger partial charge < -0.3 is 10.4 Å². The quantitative estimate of drug-likeness (QED) is 0.722. The zero-order valence-corrected chi connectivity index (χ0v) is 17.0. The fourth-order valence-electron chi connectivity index (χ4n) is 4.69. The molecule has 1 saturated carbocycles. The fraction of sp³-hybridized carbons (Fsp3) is 0.400. The van der Waals surface area contributed by atoms with Crippen LogP contribution in [0.2, 0.25) is 0 Å². The molecule has 1 amide bonds. The van der Waals surface area contributed by atoms with Gasteiger partial charge in [-0.05, 0) is 73.8 Å². The molecule has 3 heteroatoms. The number of aliphatic hydroxyl groups excluding tert-OH is 1. The van der Waals surface area contributed by atoms with Crippen LogP contribution in [0.3, 0.4) is 0 Å². The molecule has 3 nitrogen and oxygen atoms in total. The normalized spacial score (nSPS) is 24.7. The Labute approximate surface area is 167 Å². The third kappa shape index (κ3) is 3.13. The van der Waals surface area contributed by atoms with Crippen molar-refractivity contribution in [3.05, 3.63) is 64.9 Å². The number of amides is 1. The summed E-state index contributed by atoms with van der Waals surface area (Å²) >= 11 is 0.